The van der Waals surface area contributed by atoms with Gasteiger partial charge in [-0.05, 0) is 61.7 Å². The van der Waals surface area contributed by atoms with Gasteiger partial charge in [0.1, 0.15) is 18.2 Å². The summed E-state index contributed by atoms with van der Waals surface area (Å²) in [5, 5.41) is 0. The summed E-state index contributed by atoms with van der Waals surface area (Å²) >= 11 is 3.47. The average molecular weight is 459 g/mol. The molecule has 156 valence electrons. The smallest absolute Gasteiger partial charge is 0.128 e. The molecule has 0 spiro atoms. The molecule has 1 aromatic heterocycles. The topological polar surface area (TPSA) is 31.8 Å². The number of halogens is 1. The van der Waals surface area contributed by atoms with Crippen LogP contribution in [0.15, 0.2) is 53.1 Å². The van der Waals surface area contributed by atoms with E-state index < -0.39 is 0 Å². The molecule has 4 rings (SSSR count). The van der Waals surface area contributed by atoms with Gasteiger partial charge in [-0.25, -0.2) is 4.98 Å². The first-order valence-corrected chi connectivity index (χ1v) is 11.5. The molecule has 1 atom stereocenters. The molecule has 0 bridgehead atoms. The molecular weight excluding hydrogens is 428 g/mol. The zero-order chi connectivity index (χ0) is 19.9. The van der Waals surface area contributed by atoms with E-state index in [2.05, 4.69) is 47.7 Å². The van der Waals surface area contributed by atoms with Crippen LogP contribution in [0.2, 0.25) is 0 Å². The minimum Gasteiger partial charge on any atom is -0.492 e. The Labute approximate surface area is 182 Å². The number of hydrogen-bond donors (Lipinski definition) is 0. The monoisotopic (exact) mass is 458 g/mol. The van der Waals surface area contributed by atoms with Gasteiger partial charge in [0.2, 0.25) is 0 Å². The highest BCUT2D eigenvalue weighted by Crippen LogP contribution is 2.20. The number of anilines is 1. The molecule has 2 aromatic rings. The van der Waals surface area contributed by atoms with Crippen molar-refractivity contribution in [2.75, 3.05) is 63.9 Å². The van der Waals surface area contributed by atoms with Crippen molar-refractivity contribution in [2.24, 2.45) is 5.92 Å². The van der Waals surface area contributed by atoms with Crippen LogP contribution in [0.5, 0.6) is 5.75 Å². The van der Waals surface area contributed by atoms with Crippen LogP contribution in [-0.2, 0) is 0 Å². The molecule has 1 aromatic carbocycles. The molecule has 1 unspecified atom stereocenters. The maximum atomic E-state index is 5.92. The number of hydrogen-bond acceptors (Lipinski definition) is 5. The number of piperazine rings is 1. The van der Waals surface area contributed by atoms with Crippen LogP contribution in [-0.4, -0.2) is 73.7 Å². The number of pyridine rings is 1. The summed E-state index contributed by atoms with van der Waals surface area (Å²) in [6, 6.07) is 14.3. The molecule has 0 radical (unpaired) electrons. The Morgan fingerprint density at radius 1 is 0.966 bits per heavy atom. The van der Waals surface area contributed by atoms with Gasteiger partial charge >= 0.3 is 0 Å². The van der Waals surface area contributed by atoms with E-state index in [0.29, 0.717) is 0 Å². The van der Waals surface area contributed by atoms with E-state index in [4.69, 9.17) is 4.74 Å². The van der Waals surface area contributed by atoms with Gasteiger partial charge in [-0.15, -0.1) is 0 Å². The van der Waals surface area contributed by atoms with Gasteiger partial charge in [0.05, 0.1) is 0 Å². The van der Waals surface area contributed by atoms with Gasteiger partial charge in [-0.2, -0.15) is 0 Å². The zero-order valence-corrected chi connectivity index (χ0v) is 18.6. The van der Waals surface area contributed by atoms with Crippen molar-refractivity contribution >= 4 is 21.7 Å². The molecule has 0 aliphatic carbocycles. The largest absolute Gasteiger partial charge is 0.492 e. The van der Waals surface area contributed by atoms with E-state index >= 15 is 0 Å². The molecule has 2 aliphatic rings. The molecular formula is C23H31BrN4O. The lowest BCUT2D eigenvalue weighted by Gasteiger charge is -2.39. The van der Waals surface area contributed by atoms with Crippen LogP contribution < -0.4 is 9.64 Å². The lowest BCUT2D eigenvalue weighted by atomic mass is 9.97. The normalized spacial score (nSPS) is 21.3. The summed E-state index contributed by atoms with van der Waals surface area (Å²) in [4.78, 5) is 12.1. The first-order chi connectivity index (χ1) is 14.3. The summed E-state index contributed by atoms with van der Waals surface area (Å²) in [5.74, 6) is 2.84. The second kappa shape index (κ2) is 10.4. The first kappa shape index (κ1) is 20.6. The quantitative estimate of drug-likeness (QED) is 0.630. The third kappa shape index (κ3) is 6.17. The molecule has 0 N–H and O–H groups in total. The Morgan fingerprint density at radius 2 is 1.79 bits per heavy atom. The van der Waals surface area contributed by atoms with Crippen LogP contribution in [0.1, 0.15) is 12.8 Å². The SMILES string of the molecule is Brc1ccc(OCCN2CCCC(CN3CCN(c4ccccn4)CC3)C2)cc1. The average Bonchev–Trinajstić information content (AvgIpc) is 2.77. The lowest BCUT2D eigenvalue weighted by molar-refractivity contribution is 0.115. The van der Waals surface area contributed by atoms with Crippen molar-refractivity contribution in [1.82, 2.24) is 14.8 Å². The van der Waals surface area contributed by atoms with Crippen LogP contribution in [0.25, 0.3) is 0 Å². The Kier molecular flexibility index (Phi) is 7.41. The third-order valence-corrected chi connectivity index (χ3v) is 6.48. The number of aromatic nitrogens is 1. The Balaban J connectivity index is 1.17. The highest BCUT2D eigenvalue weighted by molar-refractivity contribution is 9.10. The highest BCUT2D eigenvalue weighted by atomic mass is 79.9. The van der Waals surface area contributed by atoms with E-state index in [1.165, 1.54) is 32.5 Å². The fraction of sp³-hybridized carbons (Fsp3) is 0.522. The highest BCUT2D eigenvalue weighted by Gasteiger charge is 2.24. The van der Waals surface area contributed by atoms with Crippen molar-refractivity contribution < 1.29 is 4.74 Å². The van der Waals surface area contributed by atoms with Gasteiger partial charge in [-0.3, -0.25) is 9.80 Å². The minimum atomic E-state index is 0.761. The predicted octanol–water partition coefficient (Wildman–Crippen LogP) is 3.76. The first-order valence-electron chi connectivity index (χ1n) is 10.8. The van der Waals surface area contributed by atoms with Crippen LogP contribution >= 0.6 is 15.9 Å². The zero-order valence-electron chi connectivity index (χ0n) is 17.0. The summed E-state index contributed by atoms with van der Waals surface area (Å²) in [6.45, 7) is 9.83. The van der Waals surface area contributed by atoms with Crippen molar-refractivity contribution in [1.29, 1.82) is 0 Å². The van der Waals surface area contributed by atoms with Crippen molar-refractivity contribution in [2.45, 2.75) is 12.8 Å². The molecule has 0 amide bonds. The Hall–Kier alpha value is -1.63. The van der Waals surface area contributed by atoms with Crippen molar-refractivity contribution in [3.05, 3.63) is 53.1 Å². The predicted molar refractivity (Wildman–Crippen MR) is 122 cm³/mol. The van der Waals surface area contributed by atoms with Gasteiger partial charge in [0.15, 0.2) is 0 Å². The number of ether oxygens (including phenoxy) is 1. The van der Waals surface area contributed by atoms with E-state index in [1.807, 2.05) is 36.5 Å². The number of likely N-dealkylation sites (tertiary alicyclic amines) is 1. The summed E-state index contributed by atoms with van der Waals surface area (Å²) < 4.78 is 7.01. The molecule has 6 heteroatoms. The maximum Gasteiger partial charge on any atom is 0.128 e. The fourth-order valence-electron chi connectivity index (χ4n) is 4.39. The lowest BCUT2D eigenvalue weighted by Crippen LogP contribution is -2.50. The summed E-state index contributed by atoms with van der Waals surface area (Å²) in [6.07, 6.45) is 4.54. The molecule has 2 saturated heterocycles. The van der Waals surface area contributed by atoms with Gasteiger partial charge in [0, 0.05) is 56.5 Å². The molecule has 0 saturated carbocycles. The van der Waals surface area contributed by atoms with Crippen LogP contribution in [0.3, 0.4) is 0 Å². The number of nitrogens with zero attached hydrogens (tertiary/aromatic N) is 4. The van der Waals surface area contributed by atoms with E-state index in [-0.39, 0.29) is 0 Å². The molecule has 29 heavy (non-hydrogen) atoms. The van der Waals surface area contributed by atoms with Crippen LogP contribution in [0.4, 0.5) is 5.82 Å². The Morgan fingerprint density at radius 3 is 2.55 bits per heavy atom. The van der Waals surface area contributed by atoms with Crippen LogP contribution in [0, 0.1) is 5.92 Å². The minimum absolute atomic E-state index is 0.761. The van der Waals surface area contributed by atoms with Crippen molar-refractivity contribution in [3.63, 3.8) is 0 Å². The Bertz CT molecular complexity index is 734. The van der Waals surface area contributed by atoms with Crippen molar-refractivity contribution in [3.8, 4) is 5.75 Å². The van der Waals surface area contributed by atoms with E-state index in [0.717, 1.165) is 61.3 Å². The second-order valence-corrected chi connectivity index (χ2v) is 9.00. The van der Waals surface area contributed by atoms with Gasteiger partial charge < -0.3 is 9.64 Å². The second-order valence-electron chi connectivity index (χ2n) is 8.09. The van der Waals surface area contributed by atoms with E-state index in [1.54, 1.807) is 0 Å². The standard InChI is InChI=1S/C23H31BrN4O/c24-21-6-8-22(9-7-21)29-17-16-26-11-3-4-20(18-26)19-27-12-14-28(15-13-27)23-5-1-2-10-25-23/h1-2,5-10,20H,3-4,11-19H2. The molecule has 2 fully saturated rings. The third-order valence-electron chi connectivity index (χ3n) is 5.95. The number of rotatable bonds is 7. The maximum absolute atomic E-state index is 5.92. The molecule has 3 heterocycles. The van der Waals surface area contributed by atoms with Gasteiger partial charge in [-0.1, -0.05) is 22.0 Å². The summed E-state index contributed by atoms with van der Waals surface area (Å²) in [5.41, 5.74) is 0. The van der Waals surface area contributed by atoms with E-state index in [9.17, 15) is 0 Å². The fourth-order valence-corrected chi connectivity index (χ4v) is 4.66. The molecule has 5 nitrogen and oxygen atoms in total. The van der Waals surface area contributed by atoms with Gasteiger partial charge in [0.25, 0.3) is 0 Å². The number of benzene rings is 1. The number of piperidine rings is 1. The molecule has 2 aliphatic heterocycles. The summed E-state index contributed by atoms with van der Waals surface area (Å²) in [7, 11) is 0.